The van der Waals surface area contributed by atoms with E-state index in [1.807, 2.05) is 0 Å². The first-order valence-corrected chi connectivity index (χ1v) is 4.23. The number of Topliss-reactive ketones (excluding diaryl/α,β-unsaturated/α-hetero) is 1. The van der Waals surface area contributed by atoms with Crippen molar-refractivity contribution >= 4 is 17.4 Å². The van der Waals surface area contributed by atoms with Crippen molar-refractivity contribution in [3.8, 4) is 0 Å². The Morgan fingerprint density at radius 3 is 2.50 bits per heavy atom. The van der Waals surface area contributed by atoms with Crippen LogP contribution in [-0.2, 0) is 0 Å². The smallest absolute Gasteiger partial charge is 0.336 e. The Hall–Kier alpha value is -2.28. The van der Waals surface area contributed by atoms with E-state index in [0.717, 1.165) is 12.1 Å². The molecule has 0 aliphatic carbocycles. The molecule has 0 saturated carbocycles. The van der Waals surface area contributed by atoms with E-state index in [1.54, 1.807) is 0 Å². The largest absolute Gasteiger partial charge is 0.478 e. The standard InChI is InChI=1S/C9H8N2O5/c10-4-7(12)8-5(9(13)14)2-1-3-6(8)11(15)16/h1-3H,4,10H2,(H,13,14). The first-order valence-electron chi connectivity index (χ1n) is 4.23. The van der Waals surface area contributed by atoms with Gasteiger partial charge in [-0.3, -0.25) is 14.9 Å². The van der Waals surface area contributed by atoms with Crippen LogP contribution in [0.2, 0.25) is 0 Å². The van der Waals surface area contributed by atoms with Crippen molar-refractivity contribution in [1.82, 2.24) is 0 Å². The van der Waals surface area contributed by atoms with Gasteiger partial charge in [-0.25, -0.2) is 4.79 Å². The number of nitrogens with zero attached hydrogens (tertiary/aromatic N) is 1. The summed E-state index contributed by atoms with van der Waals surface area (Å²) in [6.45, 7) is -0.481. The van der Waals surface area contributed by atoms with Gasteiger partial charge < -0.3 is 10.8 Å². The van der Waals surface area contributed by atoms with Gasteiger partial charge in [-0.15, -0.1) is 0 Å². The Bertz CT molecular complexity index is 437. The van der Waals surface area contributed by atoms with Crippen molar-refractivity contribution < 1.29 is 19.6 Å². The Morgan fingerprint density at radius 2 is 2.06 bits per heavy atom. The zero-order valence-corrected chi connectivity index (χ0v) is 8.04. The Balaban J connectivity index is 3.53. The molecule has 0 atom stereocenters. The molecule has 0 fully saturated rings. The molecule has 16 heavy (non-hydrogen) atoms. The lowest BCUT2D eigenvalue weighted by molar-refractivity contribution is -0.385. The molecule has 0 heterocycles. The molecular formula is C9H8N2O5. The quantitative estimate of drug-likeness (QED) is 0.434. The van der Waals surface area contributed by atoms with E-state index in [9.17, 15) is 19.7 Å². The van der Waals surface area contributed by atoms with Gasteiger partial charge in [-0.2, -0.15) is 0 Å². The highest BCUT2D eigenvalue weighted by atomic mass is 16.6. The third-order valence-corrected chi connectivity index (χ3v) is 1.93. The normalized spacial score (nSPS) is 9.81. The number of carbonyl (C=O) groups excluding carboxylic acids is 1. The van der Waals surface area contributed by atoms with Crippen molar-refractivity contribution in [1.29, 1.82) is 0 Å². The molecule has 3 N–H and O–H groups in total. The lowest BCUT2D eigenvalue weighted by Gasteiger charge is -2.04. The summed E-state index contributed by atoms with van der Waals surface area (Å²) in [7, 11) is 0. The van der Waals surface area contributed by atoms with Crippen LogP contribution in [0.25, 0.3) is 0 Å². The summed E-state index contributed by atoms with van der Waals surface area (Å²) in [5.74, 6) is -2.18. The number of hydrogen-bond donors (Lipinski definition) is 2. The van der Waals surface area contributed by atoms with Crippen LogP contribution in [0.3, 0.4) is 0 Å². The van der Waals surface area contributed by atoms with Gasteiger partial charge >= 0.3 is 5.97 Å². The van der Waals surface area contributed by atoms with E-state index in [-0.39, 0.29) is 0 Å². The molecule has 84 valence electrons. The summed E-state index contributed by atoms with van der Waals surface area (Å²) in [6.07, 6.45) is 0. The molecule has 0 bridgehead atoms. The monoisotopic (exact) mass is 224 g/mol. The molecule has 1 aromatic rings. The Kier molecular flexibility index (Phi) is 3.31. The van der Waals surface area contributed by atoms with Crippen molar-refractivity contribution in [2.45, 2.75) is 0 Å². The van der Waals surface area contributed by atoms with Crippen LogP contribution >= 0.6 is 0 Å². The number of nitrogens with two attached hydrogens (primary N) is 1. The summed E-state index contributed by atoms with van der Waals surface area (Å²) < 4.78 is 0. The molecule has 0 aliphatic heterocycles. The topological polar surface area (TPSA) is 124 Å². The Morgan fingerprint density at radius 1 is 1.44 bits per heavy atom. The number of nitro groups is 1. The van der Waals surface area contributed by atoms with Crippen molar-refractivity contribution in [2.75, 3.05) is 6.54 Å². The van der Waals surface area contributed by atoms with Crippen LogP contribution in [0.1, 0.15) is 20.7 Å². The second-order valence-corrected chi connectivity index (χ2v) is 2.89. The third-order valence-electron chi connectivity index (χ3n) is 1.93. The Labute approximate surface area is 89.6 Å². The van der Waals surface area contributed by atoms with Gasteiger partial charge in [0.05, 0.1) is 17.0 Å². The summed E-state index contributed by atoms with van der Waals surface area (Å²) >= 11 is 0. The van der Waals surface area contributed by atoms with Crippen LogP contribution in [0.4, 0.5) is 5.69 Å². The number of hydrogen-bond acceptors (Lipinski definition) is 5. The van der Waals surface area contributed by atoms with Crippen molar-refractivity contribution in [3.63, 3.8) is 0 Å². The molecule has 0 radical (unpaired) electrons. The predicted octanol–water partition coefficient (Wildman–Crippen LogP) is 0.434. The second kappa shape index (κ2) is 4.49. The van der Waals surface area contributed by atoms with Gasteiger partial charge in [0.2, 0.25) is 0 Å². The summed E-state index contributed by atoms with van der Waals surface area (Å²) in [5, 5.41) is 19.4. The van der Waals surface area contributed by atoms with E-state index in [4.69, 9.17) is 10.8 Å². The first kappa shape index (κ1) is 11.8. The van der Waals surface area contributed by atoms with Gasteiger partial charge in [-0.1, -0.05) is 6.07 Å². The minimum atomic E-state index is -1.40. The van der Waals surface area contributed by atoms with E-state index < -0.39 is 40.0 Å². The molecular weight excluding hydrogens is 216 g/mol. The van der Waals surface area contributed by atoms with Gasteiger partial charge in [0, 0.05) is 6.07 Å². The second-order valence-electron chi connectivity index (χ2n) is 2.89. The van der Waals surface area contributed by atoms with Gasteiger partial charge in [-0.05, 0) is 6.07 Å². The lowest BCUT2D eigenvalue weighted by atomic mass is 10.0. The highest BCUT2D eigenvalue weighted by molar-refractivity contribution is 6.09. The summed E-state index contributed by atoms with van der Waals surface area (Å²) in [5.41, 5.74) is 3.66. The van der Waals surface area contributed by atoms with Crippen LogP contribution in [-0.4, -0.2) is 28.3 Å². The zero-order chi connectivity index (χ0) is 12.3. The van der Waals surface area contributed by atoms with Crippen LogP contribution in [0.15, 0.2) is 18.2 Å². The number of aromatic carboxylic acids is 1. The number of rotatable bonds is 4. The predicted molar refractivity (Wildman–Crippen MR) is 53.4 cm³/mol. The first-order chi connectivity index (χ1) is 7.49. The minimum Gasteiger partial charge on any atom is -0.478 e. The molecule has 7 nitrogen and oxygen atoms in total. The van der Waals surface area contributed by atoms with Crippen molar-refractivity contribution in [2.24, 2.45) is 5.73 Å². The summed E-state index contributed by atoms with van der Waals surface area (Å²) in [4.78, 5) is 32.0. The molecule has 1 rings (SSSR count). The average Bonchev–Trinajstić information content (AvgIpc) is 2.26. The molecule has 0 aromatic heterocycles. The number of ketones is 1. The number of carboxylic acid groups (broad SMARTS) is 1. The fourth-order valence-electron chi connectivity index (χ4n) is 1.27. The average molecular weight is 224 g/mol. The molecule has 0 aliphatic rings. The summed E-state index contributed by atoms with van der Waals surface area (Å²) in [6, 6.07) is 3.39. The van der Waals surface area contributed by atoms with Gasteiger partial charge in [0.1, 0.15) is 5.56 Å². The van der Waals surface area contributed by atoms with E-state index >= 15 is 0 Å². The van der Waals surface area contributed by atoms with Crippen LogP contribution in [0, 0.1) is 10.1 Å². The fourth-order valence-corrected chi connectivity index (χ4v) is 1.27. The molecule has 0 amide bonds. The van der Waals surface area contributed by atoms with E-state index in [1.165, 1.54) is 6.07 Å². The maximum absolute atomic E-state index is 11.4. The highest BCUT2D eigenvalue weighted by Gasteiger charge is 2.25. The third kappa shape index (κ3) is 2.04. The van der Waals surface area contributed by atoms with E-state index in [0.29, 0.717) is 0 Å². The number of carboxylic acids is 1. The van der Waals surface area contributed by atoms with Crippen LogP contribution in [0.5, 0.6) is 0 Å². The minimum absolute atomic E-state index is 0.412. The molecule has 0 unspecified atom stereocenters. The molecule has 1 aromatic carbocycles. The van der Waals surface area contributed by atoms with E-state index in [2.05, 4.69) is 0 Å². The van der Waals surface area contributed by atoms with Gasteiger partial charge in [0.15, 0.2) is 5.78 Å². The SMILES string of the molecule is NCC(=O)c1c(C(=O)O)cccc1[N+](=O)[O-]. The fraction of sp³-hybridized carbons (Fsp3) is 0.111. The van der Waals surface area contributed by atoms with Crippen molar-refractivity contribution in [3.05, 3.63) is 39.4 Å². The molecule has 0 spiro atoms. The molecule has 7 heteroatoms. The number of benzene rings is 1. The lowest BCUT2D eigenvalue weighted by Crippen LogP contribution is -2.19. The van der Waals surface area contributed by atoms with Gasteiger partial charge in [0.25, 0.3) is 5.69 Å². The maximum Gasteiger partial charge on any atom is 0.336 e. The number of nitro benzene ring substituents is 1. The number of carbonyl (C=O) groups is 2. The zero-order valence-electron chi connectivity index (χ0n) is 8.04. The maximum atomic E-state index is 11.4. The molecule has 0 saturated heterocycles. The van der Waals surface area contributed by atoms with Crippen LogP contribution < -0.4 is 5.73 Å². The highest BCUT2D eigenvalue weighted by Crippen LogP contribution is 2.22.